The molecule has 0 unspecified atom stereocenters. The lowest BCUT2D eigenvalue weighted by Crippen LogP contribution is -2.41. The van der Waals surface area contributed by atoms with Crippen LogP contribution in [0.15, 0.2) is 0 Å². The number of hydrogen-bond acceptors (Lipinski definition) is 5. The SMILES string of the molecule is CCOC(=O)Cc1c(C(=O)OCC)n[nH]c1[Si](C)(C)C. The zero-order valence-corrected chi connectivity index (χ0v) is 13.7. The molecule has 0 bridgehead atoms. The number of ether oxygens (including phenoxy) is 2. The molecule has 0 radical (unpaired) electrons. The van der Waals surface area contributed by atoms with Crippen molar-refractivity contribution in [1.29, 1.82) is 0 Å². The molecule has 0 spiro atoms. The summed E-state index contributed by atoms with van der Waals surface area (Å²) in [6.07, 6.45) is 0.0398. The fraction of sp³-hybridized carbons (Fsp3) is 0.615. The molecular weight excluding hydrogens is 276 g/mol. The minimum absolute atomic E-state index is 0.0398. The van der Waals surface area contributed by atoms with Gasteiger partial charge in [-0.05, 0) is 13.8 Å². The molecule has 0 aliphatic carbocycles. The maximum absolute atomic E-state index is 11.9. The lowest BCUT2D eigenvalue weighted by atomic mass is 10.2. The Morgan fingerprint density at radius 1 is 1.15 bits per heavy atom. The highest BCUT2D eigenvalue weighted by Crippen LogP contribution is 2.12. The minimum atomic E-state index is -1.75. The summed E-state index contributed by atoms with van der Waals surface area (Å²) < 4.78 is 9.94. The molecule has 0 amide bonds. The van der Waals surface area contributed by atoms with Gasteiger partial charge in [-0.15, -0.1) is 0 Å². The van der Waals surface area contributed by atoms with Crippen molar-refractivity contribution in [2.24, 2.45) is 0 Å². The predicted octanol–water partition coefficient (Wildman–Crippen LogP) is 1.24. The predicted molar refractivity (Wildman–Crippen MR) is 77.9 cm³/mol. The van der Waals surface area contributed by atoms with Crippen molar-refractivity contribution < 1.29 is 19.1 Å². The van der Waals surface area contributed by atoms with Gasteiger partial charge < -0.3 is 9.47 Å². The van der Waals surface area contributed by atoms with Crippen molar-refractivity contribution in [3.05, 3.63) is 11.3 Å². The first kappa shape index (κ1) is 16.4. The Labute approximate surface area is 119 Å². The second kappa shape index (κ2) is 6.69. The molecule has 0 saturated heterocycles. The number of nitrogens with one attached hydrogen (secondary N) is 1. The summed E-state index contributed by atoms with van der Waals surface area (Å²) in [5, 5.41) is 7.83. The fourth-order valence-electron chi connectivity index (χ4n) is 1.88. The van der Waals surface area contributed by atoms with Crippen LogP contribution in [0.5, 0.6) is 0 Å². The first-order chi connectivity index (χ1) is 9.31. The van der Waals surface area contributed by atoms with Gasteiger partial charge in [0.05, 0.1) is 19.6 Å². The molecule has 0 atom stereocenters. The van der Waals surface area contributed by atoms with Crippen LogP contribution in [-0.4, -0.2) is 43.4 Å². The Morgan fingerprint density at radius 2 is 1.75 bits per heavy atom. The van der Waals surface area contributed by atoms with Gasteiger partial charge in [0.2, 0.25) is 0 Å². The average Bonchev–Trinajstić information content (AvgIpc) is 2.73. The Balaban J connectivity index is 3.16. The summed E-state index contributed by atoms with van der Waals surface area (Å²) in [5.74, 6) is -0.869. The molecule has 1 rings (SSSR count). The maximum Gasteiger partial charge on any atom is 0.359 e. The molecule has 20 heavy (non-hydrogen) atoms. The van der Waals surface area contributed by atoms with E-state index in [9.17, 15) is 9.59 Å². The molecule has 6 nitrogen and oxygen atoms in total. The quantitative estimate of drug-likeness (QED) is 0.631. The van der Waals surface area contributed by atoms with E-state index in [2.05, 4.69) is 29.8 Å². The Morgan fingerprint density at radius 3 is 2.25 bits per heavy atom. The lowest BCUT2D eigenvalue weighted by Gasteiger charge is -2.16. The van der Waals surface area contributed by atoms with Gasteiger partial charge in [-0.1, -0.05) is 19.6 Å². The van der Waals surface area contributed by atoms with Crippen LogP contribution in [0.2, 0.25) is 19.6 Å². The number of H-pyrrole nitrogens is 1. The monoisotopic (exact) mass is 298 g/mol. The summed E-state index contributed by atoms with van der Waals surface area (Å²) >= 11 is 0. The molecule has 0 aromatic carbocycles. The van der Waals surface area contributed by atoms with Crippen LogP contribution in [0.25, 0.3) is 0 Å². The van der Waals surface area contributed by atoms with Crippen LogP contribution in [0.4, 0.5) is 0 Å². The molecule has 1 N–H and O–H groups in total. The standard InChI is InChI=1S/C13H22N2O4Si/c1-6-18-10(16)8-9-11(13(17)19-7-2)14-15-12(9)20(3,4)5/h6-8H2,1-5H3,(H,14,15). The number of carbonyl (C=O) groups is 2. The van der Waals surface area contributed by atoms with Crippen LogP contribution < -0.4 is 5.32 Å². The molecule has 0 aliphatic heterocycles. The van der Waals surface area contributed by atoms with E-state index < -0.39 is 14.0 Å². The van der Waals surface area contributed by atoms with E-state index in [0.29, 0.717) is 12.2 Å². The van der Waals surface area contributed by atoms with Gasteiger partial charge in [0.15, 0.2) is 5.69 Å². The Bertz CT molecular complexity index is 491. The number of aromatic amines is 1. The lowest BCUT2D eigenvalue weighted by molar-refractivity contribution is -0.142. The highest BCUT2D eigenvalue weighted by atomic mass is 28.3. The second-order valence-corrected chi connectivity index (χ2v) is 10.4. The normalized spacial score (nSPS) is 11.2. The van der Waals surface area contributed by atoms with Crippen LogP contribution in [0, 0.1) is 0 Å². The van der Waals surface area contributed by atoms with Crippen molar-refractivity contribution in [3.63, 3.8) is 0 Å². The smallest absolute Gasteiger partial charge is 0.359 e. The number of esters is 2. The summed E-state index contributed by atoms with van der Waals surface area (Å²) in [4.78, 5) is 23.6. The number of nitrogens with zero attached hydrogens (tertiary/aromatic N) is 1. The molecule has 0 aliphatic rings. The second-order valence-electron chi connectivity index (χ2n) is 5.38. The van der Waals surface area contributed by atoms with E-state index in [-0.39, 0.29) is 24.7 Å². The van der Waals surface area contributed by atoms with E-state index in [1.807, 2.05) is 0 Å². The van der Waals surface area contributed by atoms with Crippen molar-refractivity contribution in [2.75, 3.05) is 13.2 Å². The maximum atomic E-state index is 11.9. The zero-order chi connectivity index (χ0) is 15.3. The van der Waals surface area contributed by atoms with Gasteiger partial charge in [0.25, 0.3) is 0 Å². The van der Waals surface area contributed by atoms with Gasteiger partial charge in [-0.3, -0.25) is 9.89 Å². The third-order valence-electron chi connectivity index (χ3n) is 2.71. The molecule has 1 aromatic rings. The minimum Gasteiger partial charge on any atom is -0.466 e. The largest absolute Gasteiger partial charge is 0.466 e. The first-order valence-corrected chi connectivity index (χ1v) is 10.2. The summed E-state index contributed by atoms with van der Waals surface area (Å²) in [5.41, 5.74) is 0.804. The third-order valence-corrected chi connectivity index (χ3v) is 4.63. The van der Waals surface area contributed by atoms with E-state index in [1.54, 1.807) is 13.8 Å². The zero-order valence-electron chi connectivity index (χ0n) is 12.7. The first-order valence-electron chi connectivity index (χ1n) is 6.71. The number of carbonyl (C=O) groups excluding carboxylic acids is 2. The van der Waals surface area contributed by atoms with Gasteiger partial charge in [0.1, 0.15) is 8.07 Å². The van der Waals surface area contributed by atoms with Crippen LogP contribution in [0.1, 0.15) is 29.9 Å². The van der Waals surface area contributed by atoms with Gasteiger partial charge in [-0.25, -0.2) is 4.79 Å². The summed E-state index contributed by atoms with van der Waals surface area (Å²) in [7, 11) is -1.75. The Hall–Kier alpha value is -1.63. The van der Waals surface area contributed by atoms with Crippen LogP contribution >= 0.6 is 0 Å². The molecule has 112 valence electrons. The van der Waals surface area contributed by atoms with Gasteiger partial charge in [-0.2, -0.15) is 5.10 Å². The van der Waals surface area contributed by atoms with Crippen molar-refractivity contribution in [3.8, 4) is 0 Å². The summed E-state index contributed by atoms with van der Waals surface area (Å²) in [6.45, 7) is 10.4. The van der Waals surface area contributed by atoms with Crippen LogP contribution in [-0.2, 0) is 20.7 Å². The van der Waals surface area contributed by atoms with E-state index in [4.69, 9.17) is 9.47 Å². The molecule has 1 heterocycles. The molecule has 0 saturated carbocycles. The summed E-state index contributed by atoms with van der Waals surface area (Å²) in [6, 6.07) is 0. The molecule has 0 fully saturated rings. The Kier molecular flexibility index (Phi) is 5.49. The van der Waals surface area contributed by atoms with Gasteiger partial charge >= 0.3 is 11.9 Å². The highest BCUT2D eigenvalue weighted by Gasteiger charge is 2.30. The number of hydrogen-bond donors (Lipinski definition) is 1. The van der Waals surface area contributed by atoms with Crippen molar-refractivity contribution >= 4 is 25.3 Å². The van der Waals surface area contributed by atoms with Gasteiger partial charge in [0, 0.05) is 10.9 Å². The van der Waals surface area contributed by atoms with Crippen LogP contribution in [0.3, 0.4) is 0 Å². The van der Waals surface area contributed by atoms with E-state index in [1.165, 1.54) is 0 Å². The highest BCUT2D eigenvalue weighted by molar-refractivity contribution is 6.88. The van der Waals surface area contributed by atoms with E-state index in [0.717, 1.165) is 5.32 Å². The molecular formula is C13H22N2O4Si. The molecule has 7 heteroatoms. The number of aromatic nitrogens is 2. The molecule has 1 aromatic heterocycles. The fourth-order valence-corrected chi connectivity index (χ4v) is 3.39. The number of rotatable bonds is 6. The topological polar surface area (TPSA) is 81.3 Å². The average molecular weight is 298 g/mol. The van der Waals surface area contributed by atoms with Crippen molar-refractivity contribution in [2.45, 2.75) is 39.9 Å². The third kappa shape index (κ3) is 3.93. The van der Waals surface area contributed by atoms with Crippen molar-refractivity contribution in [1.82, 2.24) is 10.2 Å². The van der Waals surface area contributed by atoms with E-state index >= 15 is 0 Å².